The first-order chi connectivity index (χ1) is 7.39. The molecule has 0 aromatic carbocycles. The molecular formula is C10H13N3O3. The SMILES string of the molecule is Cc1nc(N2CC(C)(O)C2)ccc1[N+](=O)[O-]. The van der Waals surface area contributed by atoms with Crippen molar-refractivity contribution in [2.24, 2.45) is 0 Å². The number of pyridine rings is 1. The normalized spacial score (nSPS) is 18.1. The smallest absolute Gasteiger partial charge is 0.290 e. The van der Waals surface area contributed by atoms with Gasteiger partial charge in [-0.15, -0.1) is 0 Å². The molecule has 1 aromatic heterocycles. The Kier molecular flexibility index (Phi) is 2.31. The molecule has 0 atom stereocenters. The van der Waals surface area contributed by atoms with E-state index >= 15 is 0 Å². The highest BCUT2D eigenvalue weighted by molar-refractivity contribution is 5.49. The van der Waals surface area contributed by atoms with Crippen LogP contribution in [0, 0.1) is 17.0 Å². The molecule has 2 rings (SSSR count). The van der Waals surface area contributed by atoms with E-state index < -0.39 is 10.5 Å². The first-order valence-electron chi connectivity index (χ1n) is 4.98. The third kappa shape index (κ3) is 1.83. The third-order valence-electron chi connectivity index (χ3n) is 2.63. The average molecular weight is 223 g/mol. The molecule has 1 aromatic rings. The molecule has 0 spiro atoms. The summed E-state index contributed by atoms with van der Waals surface area (Å²) in [5, 5.41) is 20.2. The summed E-state index contributed by atoms with van der Waals surface area (Å²) in [6.07, 6.45) is 0. The standard InChI is InChI=1S/C10H13N3O3/c1-7-8(13(15)16)3-4-9(11-7)12-5-10(2,14)6-12/h3-4,14H,5-6H2,1-2H3. The lowest BCUT2D eigenvalue weighted by molar-refractivity contribution is -0.385. The van der Waals surface area contributed by atoms with Crippen LogP contribution >= 0.6 is 0 Å². The average Bonchev–Trinajstić information content (AvgIpc) is 2.13. The van der Waals surface area contributed by atoms with Gasteiger partial charge in [-0.3, -0.25) is 10.1 Å². The maximum absolute atomic E-state index is 10.6. The molecule has 6 heteroatoms. The van der Waals surface area contributed by atoms with Crippen molar-refractivity contribution in [3.63, 3.8) is 0 Å². The molecule has 0 aliphatic carbocycles. The van der Waals surface area contributed by atoms with Crippen LogP contribution < -0.4 is 4.90 Å². The van der Waals surface area contributed by atoms with Crippen LogP contribution in [0.25, 0.3) is 0 Å². The number of hydrogen-bond acceptors (Lipinski definition) is 5. The van der Waals surface area contributed by atoms with Crippen molar-refractivity contribution in [2.75, 3.05) is 18.0 Å². The lowest BCUT2D eigenvalue weighted by Crippen LogP contribution is -2.60. The van der Waals surface area contributed by atoms with Gasteiger partial charge >= 0.3 is 0 Å². The van der Waals surface area contributed by atoms with Gasteiger partial charge in [0.15, 0.2) is 0 Å². The van der Waals surface area contributed by atoms with E-state index in [0.717, 1.165) is 0 Å². The van der Waals surface area contributed by atoms with Gasteiger partial charge in [0.25, 0.3) is 5.69 Å². The molecule has 1 fully saturated rings. The molecule has 0 bridgehead atoms. The summed E-state index contributed by atoms with van der Waals surface area (Å²) in [5.41, 5.74) is -0.248. The first kappa shape index (κ1) is 10.8. The van der Waals surface area contributed by atoms with Gasteiger partial charge in [-0.2, -0.15) is 0 Å². The summed E-state index contributed by atoms with van der Waals surface area (Å²) < 4.78 is 0. The van der Waals surface area contributed by atoms with E-state index in [9.17, 15) is 15.2 Å². The Morgan fingerprint density at radius 1 is 1.56 bits per heavy atom. The number of aromatic nitrogens is 1. The van der Waals surface area contributed by atoms with Crippen molar-refractivity contribution >= 4 is 11.5 Å². The fraction of sp³-hybridized carbons (Fsp3) is 0.500. The van der Waals surface area contributed by atoms with E-state index in [0.29, 0.717) is 24.6 Å². The van der Waals surface area contributed by atoms with Crippen LogP contribution in [0.5, 0.6) is 0 Å². The Bertz CT molecular complexity index is 437. The summed E-state index contributed by atoms with van der Waals surface area (Å²) in [6, 6.07) is 3.06. The number of β-amino-alcohol motifs (C(OH)–C–C–N with tert-alkyl or cyclic N) is 1. The molecule has 1 aliphatic heterocycles. The van der Waals surface area contributed by atoms with Crippen molar-refractivity contribution in [3.05, 3.63) is 27.9 Å². The predicted octanol–water partition coefficient (Wildman–Crippen LogP) is 0.869. The van der Waals surface area contributed by atoms with Crippen molar-refractivity contribution < 1.29 is 10.0 Å². The van der Waals surface area contributed by atoms with E-state index in [1.165, 1.54) is 6.07 Å². The molecule has 0 unspecified atom stereocenters. The van der Waals surface area contributed by atoms with Gasteiger partial charge < -0.3 is 10.0 Å². The zero-order valence-electron chi connectivity index (χ0n) is 9.17. The van der Waals surface area contributed by atoms with E-state index in [4.69, 9.17) is 0 Å². The van der Waals surface area contributed by atoms with Crippen molar-refractivity contribution in [3.8, 4) is 0 Å². The highest BCUT2D eigenvalue weighted by Crippen LogP contribution is 2.27. The molecule has 0 amide bonds. The minimum absolute atomic E-state index is 0.0241. The summed E-state index contributed by atoms with van der Waals surface area (Å²) in [4.78, 5) is 16.2. The molecule has 86 valence electrons. The van der Waals surface area contributed by atoms with E-state index in [-0.39, 0.29) is 5.69 Å². The number of nitro groups is 1. The van der Waals surface area contributed by atoms with Crippen molar-refractivity contribution in [1.82, 2.24) is 4.98 Å². The van der Waals surface area contributed by atoms with Gasteiger partial charge in [-0.1, -0.05) is 0 Å². The maximum Gasteiger partial charge on any atom is 0.290 e. The molecule has 16 heavy (non-hydrogen) atoms. The van der Waals surface area contributed by atoms with E-state index in [1.807, 2.05) is 4.90 Å². The van der Waals surface area contributed by atoms with Crippen LogP contribution in [0.1, 0.15) is 12.6 Å². The lowest BCUT2D eigenvalue weighted by atomic mass is 9.97. The Labute approximate surface area is 92.7 Å². The number of rotatable bonds is 2. The molecule has 6 nitrogen and oxygen atoms in total. The monoisotopic (exact) mass is 223 g/mol. The minimum Gasteiger partial charge on any atom is -0.386 e. The quantitative estimate of drug-likeness (QED) is 0.594. The first-order valence-corrected chi connectivity index (χ1v) is 4.98. The van der Waals surface area contributed by atoms with E-state index in [2.05, 4.69) is 4.98 Å². The van der Waals surface area contributed by atoms with Gasteiger partial charge in [-0.25, -0.2) is 4.98 Å². The fourth-order valence-electron chi connectivity index (χ4n) is 1.85. The van der Waals surface area contributed by atoms with Crippen LogP contribution in [-0.2, 0) is 0 Å². The molecule has 0 saturated carbocycles. The summed E-state index contributed by atoms with van der Waals surface area (Å²) >= 11 is 0. The van der Waals surface area contributed by atoms with Crippen molar-refractivity contribution in [1.29, 1.82) is 0 Å². The number of aliphatic hydroxyl groups is 1. The highest BCUT2D eigenvalue weighted by Gasteiger charge is 2.37. The number of anilines is 1. The molecule has 1 saturated heterocycles. The van der Waals surface area contributed by atoms with Crippen LogP contribution in [-0.4, -0.2) is 33.7 Å². The number of nitrogens with zero attached hydrogens (tertiary/aromatic N) is 3. The Morgan fingerprint density at radius 3 is 2.62 bits per heavy atom. The summed E-state index contributed by atoms with van der Waals surface area (Å²) in [5.74, 6) is 0.676. The van der Waals surface area contributed by atoms with Crippen LogP contribution in [0.15, 0.2) is 12.1 Å². The zero-order chi connectivity index (χ0) is 11.9. The topological polar surface area (TPSA) is 79.5 Å². The Morgan fingerprint density at radius 2 is 2.19 bits per heavy atom. The zero-order valence-corrected chi connectivity index (χ0v) is 9.17. The molecular weight excluding hydrogens is 210 g/mol. The van der Waals surface area contributed by atoms with Crippen LogP contribution in [0.3, 0.4) is 0 Å². The van der Waals surface area contributed by atoms with Gasteiger partial charge in [-0.05, 0) is 19.9 Å². The maximum atomic E-state index is 10.6. The summed E-state index contributed by atoms with van der Waals surface area (Å²) in [7, 11) is 0. The highest BCUT2D eigenvalue weighted by atomic mass is 16.6. The van der Waals surface area contributed by atoms with Gasteiger partial charge in [0.2, 0.25) is 0 Å². The Hall–Kier alpha value is -1.69. The fourth-order valence-corrected chi connectivity index (χ4v) is 1.85. The van der Waals surface area contributed by atoms with Crippen LogP contribution in [0.4, 0.5) is 11.5 Å². The second kappa shape index (κ2) is 3.41. The van der Waals surface area contributed by atoms with Gasteiger partial charge in [0, 0.05) is 19.2 Å². The molecule has 0 radical (unpaired) electrons. The number of hydrogen-bond donors (Lipinski definition) is 1. The second-order valence-electron chi connectivity index (χ2n) is 4.38. The molecule has 1 N–H and O–H groups in total. The van der Waals surface area contributed by atoms with Gasteiger partial charge in [0.05, 0.1) is 10.5 Å². The minimum atomic E-state index is -0.669. The van der Waals surface area contributed by atoms with Crippen LogP contribution in [0.2, 0.25) is 0 Å². The molecule has 2 heterocycles. The third-order valence-corrected chi connectivity index (χ3v) is 2.63. The molecule has 1 aliphatic rings. The summed E-state index contributed by atoms with van der Waals surface area (Å²) in [6.45, 7) is 4.38. The largest absolute Gasteiger partial charge is 0.386 e. The number of aryl methyl sites for hydroxylation is 1. The second-order valence-corrected chi connectivity index (χ2v) is 4.38. The van der Waals surface area contributed by atoms with Crippen molar-refractivity contribution in [2.45, 2.75) is 19.4 Å². The predicted molar refractivity (Wildman–Crippen MR) is 58.5 cm³/mol. The lowest BCUT2D eigenvalue weighted by Gasteiger charge is -2.44. The van der Waals surface area contributed by atoms with E-state index in [1.54, 1.807) is 19.9 Å². The Balaban J connectivity index is 2.20. The van der Waals surface area contributed by atoms with Gasteiger partial charge in [0.1, 0.15) is 11.5 Å².